The summed E-state index contributed by atoms with van der Waals surface area (Å²) in [5.74, 6) is 2.08. The molecule has 0 N–H and O–H groups in total. The molecule has 31 heavy (non-hydrogen) atoms. The van der Waals surface area contributed by atoms with Crippen molar-refractivity contribution in [3.05, 3.63) is 53.6 Å². The molecule has 7 nitrogen and oxygen atoms in total. The van der Waals surface area contributed by atoms with Crippen LogP contribution >= 0.6 is 0 Å². The molecule has 2 aromatic rings. The highest BCUT2D eigenvalue weighted by atomic mass is 16.5. The first-order chi connectivity index (χ1) is 15.2. The van der Waals surface area contributed by atoms with Crippen molar-refractivity contribution >= 4 is 5.91 Å². The van der Waals surface area contributed by atoms with Gasteiger partial charge in [0.2, 0.25) is 0 Å². The Morgan fingerprint density at radius 2 is 1.65 bits per heavy atom. The molecule has 1 aliphatic rings. The lowest BCUT2D eigenvalue weighted by atomic mass is 10.1. The number of nitrogens with zero attached hydrogens (tertiary/aromatic N) is 2. The number of ether oxygens (including phenoxy) is 4. The first kappa shape index (κ1) is 22.9. The van der Waals surface area contributed by atoms with Gasteiger partial charge in [0.1, 0.15) is 12.4 Å². The van der Waals surface area contributed by atoms with Crippen molar-refractivity contribution in [3.8, 4) is 17.2 Å². The Balaban J connectivity index is 1.56. The average molecular weight is 429 g/mol. The normalized spacial score (nSPS) is 14.4. The Bertz CT molecular complexity index is 850. The number of piperazine rings is 1. The topological polar surface area (TPSA) is 60.5 Å². The number of amides is 1. The fourth-order valence-corrected chi connectivity index (χ4v) is 3.64. The average Bonchev–Trinajstić information content (AvgIpc) is 2.82. The Morgan fingerprint density at radius 1 is 0.903 bits per heavy atom. The summed E-state index contributed by atoms with van der Waals surface area (Å²) in [6.45, 7) is 7.32. The maximum absolute atomic E-state index is 13.1. The highest BCUT2D eigenvalue weighted by Crippen LogP contribution is 2.28. The largest absolute Gasteiger partial charge is 0.493 e. The van der Waals surface area contributed by atoms with E-state index in [9.17, 15) is 4.79 Å². The second-order valence-electron chi connectivity index (χ2n) is 7.30. The zero-order chi connectivity index (χ0) is 22.1. The predicted octanol–water partition coefficient (Wildman–Crippen LogP) is 3.08. The van der Waals surface area contributed by atoms with Crippen LogP contribution in [0.25, 0.3) is 0 Å². The molecule has 1 heterocycles. The molecule has 0 bridgehead atoms. The number of methoxy groups -OCH3 is 2. The molecule has 0 saturated carbocycles. The molecule has 1 fully saturated rings. The molecular formula is C24H32N2O5. The van der Waals surface area contributed by atoms with Crippen LogP contribution < -0.4 is 14.2 Å². The third-order valence-electron chi connectivity index (χ3n) is 5.32. The molecule has 0 unspecified atom stereocenters. The van der Waals surface area contributed by atoms with Crippen molar-refractivity contribution in [2.24, 2.45) is 0 Å². The summed E-state index contributed by atoms with van der Waals surface area (Å²) in [7, 11) is 3.28. The van der Waals surface area contributed by atoms with Crippen LogP contribution in [0.1, 0.15) is 22.8 Å². The van der Waals surface area contributed by atoms with Gasteiger partial charge in [0.05, 0.1) is 26.4 Å². The molecule has 1 amide bonds. The van der Waals surface area contributed by atoms with Crippen molar-refractivity contribution in [3.63, 3.8) is 0 Å². The van der Waals surface area contributed by atoms with Crippen LogP contribution in [0.15, 0.2) is 42.5 Å². The lowest BCUT2D eigenvalue weighted by Gasteiger charge is -2.35. The number of hydrogen-bond donors (Lipinski definition) is 0. The number of para-hydroxylation sites is 1. The zero-order valence-electron chi connectivity index (χ0n) is 18.6. The maximum Gasteiger partial charge on any atom is 0.257 e. The van der Waals surface area contributed by atoms with Gasteiger partial charge in [0, 0.05) is 39.3 Å². The summed E-state index contributed by atoms with van der Waals surface area (Å²) in [5, 5.41) is 0. The standard InChI is InChI=1S/C24H32N2O5/c1-4-30-15-16-31-21-8-6-5-7-20(21)24(27)26-13-11-25(12-14-26)18-19-9-10-22(28-2)23(17-19)29-3/h5-10,17H,4,11-16,18H2,1-3H3. The van der Waals surface area contributed by atoms with Crippen LogP contribution in [0.3, 0.4) is 0 Å². The van der Waals surface area contributed by atoms with Crippen LogP contribution in [0, 0.1) is 0 Å². The van der Waals surface area contributed by atoms with Gasteiger partial charge in [-0.05, 0) is 36.8 Å². The Hall–Kier alpha value is -2.77. The zero-order valence-corrected chi connectivity index (χ0v) is 18.6. The fourth-order valence-electron chi connectivity index (χ4n) is 3.64. The van der Waals surface area contributed by atoms with E-state index in [-0.39, 0.29) is 5.91 Å². The van der Waals surface area contributed by atoms with Crippen LogP contribution in [0.2, 0.25) is 0 Å². The molecule has 3 rings (SSSR count). The molecule has 0 atom stereocenters. The van der Waals surface area contributed by atoms with Crippen LogP contribution in [0.5, 0.6) is 17.2 Å². The quantitative estimate of drug-likeness (QED) is 0.542. The molecule has 1 saturated heterocycles. The molecule has 168 valence electrons. The number of carbonyl (C=O) groups is 1. The Kier molecular flexibility index (Phi) is 8.55. The number of hydrogen-bond acceptors (Lipinski definition) is 6. The SMILES string of the molecule is CCOCCOc1ccccc1C(=O)N1CCN(Cc2ccc(OC)c(OC)c2)CC1. The maximum atomic E-state index is 13.1. The van der Waals surface area contributed by atoms with Gasteiger partial charge in [0.25, 0.3) is 5.91 Å². The molecule has 2 aromatic carbocycles. The van der Waals surface area contributed by atoms with Gasteiger partial charge in [-0.1, -0.05) is 18.2 Å². The minimum Gasteiger partial charge on any atom is -0.493 e. The molecule has 0 radical (unpaired) electrons. The van der Waals surface area contributed by atoms with E-state index >= 15 is 0 Å². The van der Waals surface area contributed by atoms with Crippen molar-refractivity contribution in [1.82, 2.24) is 9.80 Å². The molecular weight excluding hydrogens is 396 g/mol. The van der Waals surface area contributed by atoms with E-state index in [1.54, 1.807) is 14.2 Å². The summed E-state index contributed by atoms with van der Waals surface area (Å²) < 4.78 is 21.8. The minimum atomic E-state index is 0.0118. The molecule has 1 aliphatic heterocycles. The summed E-state index contributed by atoms with van der Waals surface area (Å²) in [4.78, 5) is 17.3. The first-order valence-electron chi connectivity index (χ1n) is 10.7. The van der Waals surface area contributed by atoms with Crippen LogP contribution in [-0.4, -0.2) is 75.9 Å². The van der Waals surface area contributed by atoms with Crippen molar-refractivity contribution in [1.29, 1.82) is 0 Å². The van der Waals surface area contributed by atoms with E-state index in [0.29, 0.717) is 44.2 Å². The molecule has 0 aliphatic carbocycles. The molecule has 0 spiro atoms. The van der Waals surface area contributed by atoms with Gasteiger partial charge in [-0.3, -0.25) is 9.69 Å². The molecule has 0 aromatic heterocycles. The number of rotatable bonds is 10. The van der Waals surface area contributed by atoms with Crippen molar-refractivity contribution < 1.29 is 23.7 Å². The van der Waals surface area contributed by atoms with Crippen LogP contribution in [-0.2, 0) is 11.3 Å². The second-order valence-corrected chi connectivity index (χ2v) is 7.30. The lowest BCUT2D eigenvalue weighted by Crippen LogP contribution is -2.48. The van der Waals surface area contributed by atoms with E-state index < -0.39 is 0 Å². The third-order valence-corrected chi connectivity index (χ3v) is 5.32. The van der Waals surface area contributed by atoms with E-state index in [4.69, 9.17) is 18.9 Å². The Labute approximate surface area is 184 Å². The lowest BCUT2D eigenvalue weighted by molar-refractivity contribution is 0.0620. The van der Waals surface area contributed by atoms with Gasteiger partial charge in [-0.15, -0.1) is 0 Å². The van der Waals surface area contributed by atoms with Gasteiger partial charge >= 0.3 is 0 Å². The summed E-state index contributed by atoms with van der Waals surface area (Å²) >= 11 is 0. The first-order valence-corrected chi connectivity index (χ1v) is 10.7. The van der Waals surface area contributed by atoms with E-state index in [1.165, 1.54) is 0 Å². The molecule has 7 heteroatoms. The van der Waals surface area contributed by atoms with Crippen molar-refractivity contribution in [2.45, 2.75) is 13.5 Å². The minimum absolute atomic E-state index is 0.0118. The van der Waals surface area contributed by atoms with E-state index in [1.807, 2.05) is 48.2 Å². The smallest absolute Gasteiger partial charge is 0.257 e. The summed E-state index contributed by atoms with van der Waals surface area (Å²) in [6, 6.07) is 13.4. The third kappa shape index (κ3) is 6.12. The van der Waals surface area contributed by atoms with Gasteiger partial charge in [-0.2, -0.15) is 0 Å². The second kappa shape index (κ2) is 11.6. The highest BCUT2D eigenvalue weighted by molar-refractivity contribution is 5.97. The number of carbonyl (C=O) groups excluding carboxylic acids is 1. The van der Waals surface area contributed by atoms with E-state index in [0.717, 1.165) is 36.7 Å². The van der Waals surface area contributed by atoms with Gasteiger partial charge < -0.3 is 23.8 Å². The van der Waals surface area contributed by atoms with E-state index in [2.05, 4.69) is 11.0 Å². The monoisotopic (exact) mass is 428 g/mol. The predicted molar refractivity (Wildman–Crippen MR) is 119 cm³/mol. The van der Waals surface area contributed by atoms with Crippen molar-refractivity contribution in [2.75, 3.05) is 60.2 Å². The van der Waals surface area contributed by atoms with Gasteiger partial charge in [0.15, 0.2) is 11.5 Å². The summed E-state index contributed by atoms with van der Waals surface area (Å²) in [6.07, 6.45) is 0. The summed E-state index contributed by atoms with van der Waals surface area (Å²) in [5.41, 5.74) is 1.76. The van der Waals surface area contributed by atoms with Gasteiger partial charge in [-0.25, -0.2) is 0 Å². The number of benzene rings is 2. The fraction of sp³-hybridized carbons (Fsp3) is 0.458. The highest BCUT2D eigenvalue weighted by Gasteiger charge is 2.24. The Morgan fingerprint density at radius 3 is 2.35 bits per heavy atom. The van der Waals surface area contributed by atoms with Crippen LogP contribution in [0.4, 0.5) is 0 Å².